The molecule has 1 heterocycles. The predicted molar refractivity (Wildman–Crippen MR) is 103 cm³/mol. The third-order valence-corrected chi connectivity index (χ3v) is 5.44. The lowest BCUT2D eigenvalue weighted by Gasteiger charge is -2.38. The van der Waals surface area contributed by atoms with Gasteiger partial charge in [-0.15, -0.1) is 0 Å². The standard InChI is InChI=1S/C19H21Cl2N3O/c1-14(15-6-3-2-4-7-15)23-10-12-24(13-11-23)19(25)22-17-9-5-8-16(20)18(17)21/h2-9,14H,10-13H2,1H3,(H,22,25). The number of nitrogens with zero attached hydrogens (tertiary/aromatic N) is 2. The molecule has 1 N–H and O–H groups in total. The molecule has 0 spiro atoms. The first kappa shape index (κ1) is 18.1. The van der Waals surface area contributed by atoms with E-state index in [0.717, 1.165) is 13.1 Å². The summed E-state index contributed by atoms with van der Waals surface area (Å²) in [5.41, 5.74) is 1.84. The molecular weight excluding hydrogens is 357 g/mol. The lowest BCUT2D eigenvalue weighted by atomic mass is 10.1. The summed E-state index contributed by atoms with van der Waals surface area (Å²) in [5.74, 6) is 0. The van der Waals surface area contributed by atoms with Crippen molar-refractivity contribution in [1.29, 1.82) is 0 Å². The van der Waals surface area contributed by atoms with Gasteiger partial charge in [0.2, 0.25) is 0 Å². The van der Waals surface area contributed by atoms with Gasteiger partial charge < -0.3 is 10.2 Å². The second-order valence-corrected chi connectivity index (χ2v) is 6.93. The quantitative estimate of drug-likeness (QED) is 0.824. The molecule has 0 aromatic heterocycles. The van der Waals surface area contributed by atoms with Crippen LogP contribution in [0, 0.1) is 0 Å². The number of nitrogens with one attached hydrogen (secondary N) is 1. The maximum absolute atomic E-state index is 12.5. The second kappa shape index (κ2) is 8.09. The lowest BCUT2D eigenvalue weighted by molar-refractivity contribution is 0.119. The average molecular weight is 378 g/mol. The smallest absolute Gasteiger partial charge is 0.321 e. The SMILES string of the molecule is CC(c1ccccc1)N1CCN(C(=O)Nc2cccc(Cl)c2Cl)CC1. The number of carbonyl (C=O) groups excluding carboxylic acids is 1. The Hall–Kier alpha value is -1.75. The Morgan fingerprint density at radius 2 is 1.68 bits per heavy atom. The minimum absolute atomic E-state index is 0.142. The molecule has 2 aromatic carbocycles. The van der Waals surface area contributed by atoms with E-state index in [1.165, 1.54) is 5.56 Å². The Labute approximate surface area is 158 Å². The Morgan fingerprint density at radius 3 is 2.36 bits per heavy atom. The third kappa shape index (κ3) is 4.27. The number of anilines is 1. The van der Waals surface area contributed by atoms with Crippen molar-refractivity contribution in [2.45, 2.75) is 13.0 Å². The number of rotatable bonds is 3. The zero-order chi connectivity index (χ0) is 17.8. The molecule has 2 amide bonds. The van der Waals surface area contributed by atoms with Crippen LogP contribution in [0.2, 0.25) is 10.0 Å². The summed E-state index contributed by atoms with van der Waals surface area (Å²) in [4.78, 5) is 16.7. The van der Waals surface area contributed by atoms with Gasteiger partial charge in [0.15, 0.2) is 0 Å². The van der Waals surface area contributed by atoms with Gasteiger partial charge in [0, 0.05) is 32.2 Å². The molecule has 1 unspecified atom stereocenters. The number of urea groups is 1. The summed E-state index contributed by atoms with van der Waals surface area (Å²) < 4.78 is 0. The highest BCUT2D eigenvalue weighted by molar-refractivity contribution is 6.43. The largest absolute Gasteiger partial charge is 0.322 e. The van der Waals surface area contributed by atoms with Crippen molar-refractivity contribution >= 4 is 34.9 Å². The lowest BCUT2D eigenvalue weighted by Crippen LogP contribution is -2.50. The fraction of sp³-hybridized carbons (Fsp3) is 0.316. The van der Waals surface area contributed by atoms with Gasteiger partial charge in [-0.1, -0.05) is 59.6 Å². The van der Waals surface area contributed by atoms with Crippen LogP contribution in [0.25, 0.3) is 0 Å². The van der Waals surface area contributed by atoms with Crippen molar-refractivity contribution in [1.82, 2.24) is 9.80 Å². The first-order chi connectivity index (χ1) is 12.1. The molecule has 25 heavy (non-hydrogen) atoms. The zero-order valence-corrected chi connectivity index (χ0v) is 15.6. The van der Waals surface area contributed by atoms with E-state index in [-0.39, 0.29) is 6.03 Å². The maximum Gasteiger partial charge on any atom is 0.321 e. The van der Waals surface area contributed by atoms with E-state index in [1.54, 1.807) is 18.2 Å². The molecule has 1 fully saturated rings. The van der Waals surface area contributed by atoms with Crippen LogP contribution in [-0.4, -0.2) is 42.0 Å². The fourth-order valence-electron chi connectivity index (χ4n) is 3.05. The van der Waals surface area contributed by atoms with Crippen LogP contribution in [0.5, 0.6) is 0 Å². The van der Waals surface area contributed by atoms with Crippen molar-refractivity contribution in [3.63, 3.8) is 0 Å². The number of halogens is 2. The molecule has 1 aliphatic rings. The summed E-state index contributed by atoms with van der Waals surface area (Å²) in [5, 5.41) is 3.65. The number of benzene rings is 2. The highest BCUT2D eigenvalue weighted by Crippen LogP contribution is 2.30. The summed E-state index contributed by atoms with van der Waals surface area (Å²) in [7, 11) is 0. The van der Waals surface area contributed by atoms with Gasteiger partial charge in [0.25, 0.3) is 0 Å². The number of amides is 2. The van der Waals surface area contributed by atoms with Crippen molar-refractivity contribution in [3.8, 4) is 0 Å². The van der Waals surface area contributed by atoms with Crippen LogP contribution in [0.3, 0.4) is 0 Å². The van der Waals surface area contributed by atoms with Gasteiger partial charge in [-0.25, -0.2) is 4.79 Å². The highest BCUT2D eigenvalue weighted by Gasteiger charge is 2.25. The summed E-state index contributed by atoms with van der Waals surface area (Å²) in [6.45, 7) is 5.25. The van der Waals surface area contributed by atoms with Crippen molar-refractivity contribution in [2.24, 2.45) is 0 Å². The molecule has 132 valence electrons. The van der Waals surface area contributed by atoms with Gasteiger partial charge in [-0.2, -0.15) is 0 Å². The molecule has 0 saturated carbocycles. The Bertz CT molecular complexity index is 731. The van der Waals surface area contributed by atoms with Gasteiger partial charge in [-0.3, -0.25) is 4.90 Å². The minimum atomic E-state index is -0.142. The minimum Gasteiger partial charge on any atom is -0.322 e. The first-order valence-electron chi connectivity index (χ1n) is 8.35. The Kier molecular flexibility index (Phi) is 5.84. The molecule has 3 rings (SSSR count). The van der Waals surface area contributed by atoms with Gasteiger partial charge in [0.1, 0.15) is 0 Å². The Morgan fingerprint density at radius 1 is 1.00 bits per heavy atom. The molecule has 0 aliphatic carbocycles. The van der Waals surface area contributed by atoms with Crippen LogP contribution < -0.4 is 5.32 Å². The van der Waals surface area contributed by atoms with Crippen LogP contribution in [-0.2, 0) is 0 Å². The molecule has 1 atom stereocenters. The molecule has 1 aliphatic heterocycles. The predicted octanol–water partition coefficient (Wildman–Crippen LogP) is 4.90. The summed E-state index contributed by atoms with van der Waals surface area (Å²) >= 11 is 12.1. The topological polar surface area (TPSA) is 35.6 Å². The van der Waals surface area contributed by atoms with Gasteiger partial charge >= 0.3 is 6.03 Å². The molecule has 6 heteroatoms. The summed E-state index contributed by atoms with van der Waals surface area (Å²) in [6.07, 6.45) is 0. The van der Waals surface area contributed by atoms with Gasteiger partial charge in [-0.05, 0) is 24.6 Å². The van der Waals surface area contributed by atoms with E-state index in [9.17, 15) is 4.79 Å². The fourth-order valence-corrected chi connectivity index (χ4v) is 3.40. The molecule has 1 saturated heterocycles. The third-order valence-electron chi connectivity index (χ3n) is 4.62. The molecular formula is C19H21Cl2N3O. The van der Waals surface area contributed by atoms with E-state index in [4.69, 9.17) is 23.2 Å². The number of hydrogen-bond donors (Lipinski definition) is 1. The normalized spacial score (nSPS) is 16.5. The van der Waals surface area contributed by atoms with E-state index in [1.807, 2.05) is 11.0 Å². The van der Waals surface area contributed by atoms with E-state index in [2.05, 4.69) is 41.4 Å². The van der Waals surface area contributed by atoms with E-state index < -0.39 is 0 Å². The van der Waals surface area contributed by atoms with E-state index in [0.29, 0.717) is 34.9 Å². The second-order valence-electron chi connectivity index (χ2n) is 6.14. The average Bonchev–Trinajstić information content (AvgIpc) is 2.65. The van der Waals surface area contributed by atoms with Gasteiger partial charge in [0.05, 0.1) is 15.7 Å². The molecule has 4 nitrogen and oxygen atoms in total. The molecule has 0 radical (unpaired) electrons. The summed E-state index contributed by atoms with van der Waals surface area (Å²) in [6, 6.07) is 15.8. The zero-order valence-electron chi connectivity index (χ0n) is 14.1. The number of hydrogen-bond acceptors (Lipinski definition) is 2. The van der Waals surface area contributed by atoms with Crippen LogP contribution in [0.1, 0.15) is 18.5 Å². The first-order valence-corrected chi connectivity index (χ1v) is 9.11. The molecule has 2 aromatic rings. The Balaban J connectivity index is 1.57. The number of carbonyl (C=O) groups is 1. The van der Waals surface area contributed by atoms with Crippen molar-refractivity contribution < 1.29 is 4.79 Å². The van der Waals surface area contributed by atoms with Crippen LogP contribution in [0.4, 0.5) is 10.5 Å². The molecule has 0 bridgehead atoms. The van der Waals surface area contributed by atoms with Crippen molar-refractivity contribution in [2.75, 3.05) is 31.5 Å². The monoisotopic (exact) mass is 377 g/mol. The number of piperazine rings is 1. The van der Waals surface area contributed by atoms with Crippen LogP contribution >= 0.6 is 23.2 Å². The van der Waals surface area contributed by atoms with E-state index >= 15 is 0 Å². The van der Waals surface area contributed by atoms with Crippen molar-refractivity contribution in [3.05, 3.63) is 64.1 Å². The maximum atomic E-state index is 12.5. The van der Waals surface area contributed by atoms with Crippen LogP contribution in [0.15, 0.2) is 48.5 Å². The highest BCUT2D eigenvalue weighted by atomic mass is 35.5.